The topological polar surface area (TPSA) is 102 Å². The van der Waals surface area contributed by atoms with Gasteiger partial charge < -0.3 is 4.98 Å². The predicted octanol–water partition coefficient (Wildman–Crippen LogP) is 3.34. The summed E-state index contributed by atoms with van der Waals surface area (Å²) in [6, 6.07) is 2.41. The van der Waals surface area contributed by atoms with Gasteiger partial charge in [0.1, 0.15) is 10.6 Å². The lowest BCUT2D eigenvalue weighted by molar-refractivity contribution is -0.140. The number of nitrogens with one attached hydrogen (secondary N) is 2. The lowest BCUT2D eigenvalue weighted by Crippen LogP contribution is -2.36. The number of carbonyl (C=O) groups is 1. The molecule has 3 heterocycles. The van der Waals surface area contributed by atoms with E-state index in [2.05, 4.69) is 15.3 Å². The number of hydrogen-bond acceptors (Lipinski definition) is 5. The van der Waals surface area contributed by atoms with Crippen LogP contribution in [0.25, 0.3) is 21.5 Å². The van der Waals surface area contributed by atoms with E-state index in [9.17, 15) is 31.9 Å². The van der Waals surface area contributed by atoms with Gasteiger partial charge in [-0.05, 0) is 24.6 Å². The quantitative estimate of drug-likeness (QED) is 0.424. The first-order chi connectivity index (χ1) is 15.9. The fraction of sp³-hybridized carbons (Fsp3) is 0.238. The van der Waals surface area contributed by atoms with Crippen LogP contribution in [0.3, 0.4) is 0 Å². The lowest BCUT2D eigenvalue weighted by Gasteiger charge is -2.08. The number of aromatic amines is 1. The number of hydrogen-bond donors (Lipinski definition) is 2. The second kappa shape index (κ2) is 8.24. The molecule has 4 rings (SSSR count). The van der Waals surface area contributed by atoms with Crippen molar-refractivity contribution in [2.24, 2.45) is 14.1 Å². The number of H-pyrrole nitrogens is 1. The number of carbonyl (C=O) groups excluding carboxylic acids is 1. The Labute approximate surface area is 192 Å². The Hall–Kier alpha value is -3.74. The smallest absolute Gasteiger partial charge is 0.330 e. The van der Waals surface area contributed by atoms with E-state index in [1.54, 1.807) is 14.0 Å². The molecule has 0 saturated carbocycles. The van der Waals surface area contributed by atoms with Gasteiger partial charge in [0.2, 0.25) is 11.9 Å². The van der Waals surface area contributed by atoms with Crippen LogP contribution in [-0.2, 0) is 31.5 Å². The van der Waals surface area contributed by atoms with Crippen LogP contribution in [0, 0.1) is 12.7 Å². The van der Waals surface area contributed by atoms with Crippen molar-refractivity contribution in [1.29, 1.82) is 0 Å². The molecule has 0 aliphatic heterocycles. The molecule has 0 unspecified atom stereocenters. The Morgan fingerprint density at radius 2 is 1.91 bits per heavy atom. The van der Waals surface area contributed by atoms with Crippen molar-refractivity contribution in [3.05, 3.63) is 67.1 Å². The normalized spacial score (nSPS) is 11.9. The molecule has 34 heavy (non-hydrogen) atoms. The zero-order valence-corrected chi connectivity index (χ0v) is 18.8. The summed E-state index contributed by atoms with van der Waals surface area (Å²) in [5.41, 5.74) is -1.67. The molecule has 0 spiro atoms. The van der Waals surface area contributed by atoms with Crippen LogP contribution in [-0.4, -0.2) is 25.0 Å². The number of alkyl halides is 3. The van der Waals surface area contributed by atoms with Crippen molar-refractivity contribution in [1.82, 2.24) is 19.1 Å². The number of imidazole rings is 1. The van der Waals surface area contributed by atoms with Crippen molar-refractivity contribution in [2.75, 3.05) is 5.32 Å². The van der Waals surface area contributed by atoms with Crippen LogP contribution in [0.2, 0.25) is 0 Å². The number of nitrogens with zero attached hydrogens (tertiary/aromatic N) is 3. The maximum absolute atomic E-state index is 13.9. The molecule has 0 bridgehead atoms. The monoisotopic (exact) mass is 495 g/mol. The minimum atomic E-state index is -4.81. The van der Waals surface area contributed by atoms with Crippen molar-refractivity contribution in [3.8, 4) is 11.3 Å². The van der Waals surface area contributed by atoms with Gasteiger partial charge in [0.25, 0.3) is 5.56 Å². The molecule has 2 N–H and O–H groups in total. The summed E-state index contributed by atoms with van der Waals surface area (Å²) < 4.78 is 54.4. The first-order valence-corrected chi connectivity index (χ1v) is 10.6. The van der Waals surface area contributed by atoms with Crippen LogP contribution >= 0.6 is 11.3 Å². The van der Waals surface area contributed by atoms with Gasteiger partial charge in [-0.15, -0.1) is 11.3 Å². The molecule has 3 aromatic heterocycles. The average Bonchev–Trinajstić information content (AvgIpc) is 3.34. The van der Waals surface area contributed by atoms with Crippen molar-refractivity contribution >= 4 is 33.4 Å². The molecule has 178 valence electrons. The van der Waals surface area contributed by atoms with Crippen LogP contribution in [0.1, 0.15) is 16.0 Å². The number of amides is 1. The molecule has 1 aromatic carbocycles. The average molecular weight is 495 g/mol. The summed E-state index contributed by atoms with van der Waals surface area (Å²) in [4.78, 5) is 45.4. The van der Waals surface area contributed by atoms with Crippen molar-refractivity contribution in [2.45, 2.75) is 19.5 Å². The summed E-state index contributed by atoms with van der Waals surface area (Å²) in [5, 5.41) is 2.80. The van der Waals surface area contributed by atoms with E-state index in [0.717, 1.165) is 10.6 Å². The van der Waals surface area contributed by atoms with E-state index < -0.39 is 34.7 Å². The van der Waals surface area contributed by atoms with Gasteiger partial charge >= 0.3 is 11.9 Å². The molecule has 0 saturated heterocycles. The standard InChI is InChI=1S/C21H17F4N5O3S/c1-9-11(16-17(32)29(2)20(33)30(3)18(16)34-9)7-15(31)28-19-26-8-14(27-19)10-4-5-12(13(22)6-10)21(23,24)25/h4-6,8H,7H2,1-3H3,(H2,26,27,28,31). The molecule has 0 radical (unpaired) electrons. The van der Waals surface area contributed by atoms with Crippen LogP contribution in [0.4, 0.5) is 23.5 Å². The highest BCUT2D eigenvalue weighted by atomic mass is 32.1. The summed E-state index contributed by atoms with van der Waals surface area (Å²) in [7, 11) is 2.90. The van der Waals surface area contributed by atoms with Gasteiger partial charge in [-0.25, -0.2) is 14.2 Å². The highest BCUT2D eigenvalue weighted by Gasteiger charge is 2.34. The van der Waals surface area contributed by atoms with Gasteiger partial charge in [0.05, 0.1) is 23.1 Å². The van der Waals surface area contributed by atoms with Crippen LogP contribution in [0.5, 0.6) is 0 Å². The molecule has 0 aliphatic rings. The van der Waals surface area contributed by atoms with E-state index >= 15 is 0 Å². The molecule has 13 heteroatoms. The number of benzene rings is 1. The van der Waals surface area contributed by atoms with Gasteiger partial charge in [0, 0.05) is 30.7 Å². The zero-order valence-electron chi connectivity index (χ0n) is 18.0. The summed E-state index contributed by atoms with van der Waals surface area (Å²) in [5.74, 6) is -1.95. The number of halogens is 4. The van der Waals surface area contributed by atoms with Gasteiger partial charge in [0.15, 0.2) is 0 Å². The second-order valence-electron chi connectivity index (χ2n) is 7.57. The minimum absolute atomic E-state index is 0.00204. The minimum Gasteiger partial charge on any atom is -0.330 e. The van der Waals surface area contributed by atoms with E-state index in [-0.39, 0.29) is 29.0 Å². The lowest BCUT2D eigenvalue weighted by atomic mass is 10.1. The number of anilines is 1. The van der Waals surface area contributed by atoms with E-state index in [4.69, 9.17) is 0 Å². The molecule has 0 fully saturated rings. The summed E-state index contributed by atoms with van der Waals surface area (Å²) >= 11 is 1.23. The Bertz CT molecular complexity index is 1560. The highest BCUT2D eigenvalue weighted by molar-refractivity contribution is 7.18. The molecule has 1 amide bonds. The highest BCUT2D eigenvalue weighted by Crippen LogP contribution is 2.33. The summed E-state index contributed by atoms with van der Waals surface area (Å²) in [6.07, 6.45) is -3.68. The maximum atomic E-state index is 13.9. The predicted molar refractivity (Wildman–Crippen MR) is 118 cm³/mol. The third-order valence-electron chi connectivity index (χ3n) is 5.33. The SMILES string of the molecule is Cc1sc2c(c1CC(=O)Nc1nc(-c3ccc(C(F)(F)F)c(F)c3)c[nH]1)c(=O)n(C)c(=O)n2C. The number of fused-ring (bicyclic) bond motifs is 1. The van der Waals surface area contributed by atoms with E-state index in [0.29, 0.717) is 27.4 Å². The van der Waals surface area contributed by atoms with Gasteiger partial charge in [-0.3, -0.25) is 24.0 Å². The van der Waals surface area contributed by atoms with Crippen molar-refractivity contribution < 1.29 is 22.4 Å². The third-order valence-corrected chi connectivity index (χ3v) is 6.55. The molecule has 0 atom stereocenters. The number of thiophene rings is 1. The Morgan fingerprint density at radius 3 is 2.56 bits per heavy atom. The largest absolute Gasteiger partial charge is 0.419 e. The zero-order chi connectivity index (χ0) is 24.9. The second-order valence-corrected chi connectivity index (χ2v) is 8.78. The molecular weight excluding hydrogens is 478 g/mol. The van der Waals surface area contributed by atoms with E-state index in [1.807, 2.05) is 0 Å². The fourth-order valence-electron chi connectivity index (χ4n) is 3.57. The fourth-order valence-corrected chi connectivity index (χ4v) is 4.69. The van der Waals surface area contributed by atoms with Crippen LogP contribution in [0.15, 0.2) is 34.0 Å². The van der Waals surface area contributed by atoms with Crippen molar-refractivity contribution in [3.63, 3.8) is 0 Å². The number of rotatable bonds is 4. The molecule has 0 aliphatic carbocycles. The molecule has 4 aromatic rings. The van der Waals surface area contributed by atoms with Gasteiger partial charge in [-0.2, -0.15) is 13.2 Å². The molecular formula is C21H17F4N5O3S. The van der Waals surface area contributed by atoms with Crippen LogP contribution < -0.4 is 16.6 Å². The first kappa shape index (κ1) is 23.4. The van der Waals surface area contributed by atoms with Gasteiger partial charge in [-0.1, -0.05) is 6.07 Å². The maximum Gasteiger partial charge on any atom is 0.419 e. The number of aryl methyl sites for hydroxylation is 2. The number of aromatic nitrogens is 4. The summed E-state index contributed by atoms with van der Waals surface area (Å²) in [6.45, 7) is 1.74. The first-order valence-electron chi connectivity index (χ1n) is 9.79. The third kappa shape index (κ3) is 4.02. The molecule has 8 nitrogen and oxygen atoms in total. The van der Waals surface area contributed by atoms with E-state index in [1.165, 1.54) is 29.1 Å². The Kier molecular flexibility index (Phi) is 5.67. The Morgan fingerprint density at radius 1 is 1.21 bits per heavy atom. The Balaban J connectivity index is 1.58.